The Morgan fingerprint density at radius 2 is 1.27 bits per heavy atom. The van der Waals surface area contributed by atoms with E-state index in [2.05, 4.69) is 23.8 Å². The summed E-state index contributed by atoms with van der Waals surface area (Å²) in [4.78, 5) is 11.2. The second kappa shape index (κ2) is 5.02. The third-order valence-corrected chi connectivity index (χ3v) is 7.60. The Bertz CT molecular complexity index is 912. The molecule has 4 heterocycles. The lowest BCUT2D eigenvalue weighted by molar-refractivity contribution is 1.40. The SMILES string of the molecule is Cc1c(-c2csc(N)n2)sc2sc(-c3csc(N)n3)c(C)c12. The summed E-state index contributed by atoms with van der Waals surface area (Å²) in [6.45, 7) is 4.31. The topological polar surface area (TPSA) is 77.8 Å². The Morgan fingerprint density at radius 3 is 1.59 bits per heavy atom. The molecule has 0 aliphatic heterocycles. The molecule has 22 heavy (non-hydrogen) atoms. The molecule has 4 aromatic rings. The molecule has 112 valence electrons. The second-order valence-electron chi connectivity index (χ2n) is 4.92. The van der Waals surface area contributed by atoms with Gasteiger partial charge in [-0.3, -0.25) is 0 Å². The molecule has 0 amide bonds. The molecule has 0 atom stereocenters. The van der Waals surface area contributed by atoms with Gasteiger partial charge < -0.3 is 11.5 Å². The third kappa shape index (κ3) is 2.06. The van der Waals surface area contributed by atoms with Crippen molar-refractivity contribution in [3.05, 3.63) is 21.9 Å². The zero-order valence-corrected chi connectivity index (χ0v) is 15.1. The number of rotatable bonds is 2. The van der Waals surface area contributed by atoms with E-state index in [1.165, 1.54) is 53.0 Å². The zero-order valence-electron chi connectivity index (χ0n) is 11.8. The van der Waals surface area contributed by atoms with Gasteiger partial charge in [0.05, 0.1) is 25.2 Å². The van der Waals surface area contributed by atoms with Gasteiger partial charge in [0.2, 0.25) is 0 Å². The number of nitrogens with zero attached hydrogens (tertiary/aromatic N) is 2. The molecule has 0 aliphatic carbocycles. The number of aromatic nitrogens is 2. The third-order valence-electron chi connectivity index (χ3n) is 3.53. The summed E-state index contributed by atoms with van der Waals surface area (Å²) in [6.07, 6.45) is 0. The predicted octanol–water partition coefficient (Wildman–Crippen LogP) is 4.99. The van der Waals surface area contributed by atoms with Crippen LogP contribution >= 0.6 is 45.3 Å². The fraction of sp³-hybridized carbons (Fsp3) is 0.143. The highest BCUT2D eigenvalue weighted by Gasteiger charge is 2.20. The number of thiazole rings is 2. The van der Waals surface area contributed by atoms with E-state index < -0.39 is 0 Å². The van der Waals surface area contributed by atoms with Crippen molar-refractivity contribution >= 4 is 65.0 Å². The summed E-state index contributed by atoms with van der Waals surface area (Å²) in [7, 11) is 0. The van der Waals surface area contributed by atoms with Gasteiger partial charge in [-0.2, -0.15) is 0 Å². The minimum atomic E-state index is 0.613. The van der Waals surface area contributed by atoms with E-state index in [-0.39, 0.29) is 0 Å². The van der Waals surface area contributed by atoms with Gasteiger partial charge in [0.25, 0.3) is 0 Å². The van der Waals surface area contributed by atoms with E-state index in [4.69, 9.17) is 11.5 Å². The fourth-order valence-corrected chi connectivity index (χ4v) is 6.59. The molecule has 0 aliphatic rings. The first-order valence-corrected chi connectivity index (χ1v) is 9.89. The van der Waals surface area contributed by atoms with E-state index in [0.717, 1.165) is 11.4 Å². The van der Waals surface area contributed by atoms with Gasteiger partial charge in [-0.25, -0.2) is 9.97 Å². The Labute approximate surface area is 143 Å². The van der Waals surface area contributed by atoms with Crippen molar-refractivity contribution in [1.82, 2.24) is 9.97 Å². The predicted molar refractivity (Wildman–Crippen MR) is 100 cm³/mol. The van der Waals surface area contributed by atoms with Gasteiger partial charge in [-0.05, 0) is 25.0 Å². The molecule has 8 heteroatoms. The largest absolute Gasteiger partial charge is 0.375 e. The first-order chi connectivity index (χ1) is 10.5. The van der Waals surface area contributed by atoms with Crippen molar-refractivity contribution in [2.24, 2.45) is 0 Å². The number of hydrogen-bond acceptors (Lipinski definition) is 8. The molecule has 4 nitrogen and oxygen atoms in total. The lowest BCUT2D eigenvalue weighted by Crippen LogP contribution is -1.84. The summed E-state index contributed by atoms with van der Waals surface area (Å²) in [5.41, 5.74) is 16.0. The van der Waals surface area contributed by atoms with Gasteiger partial charge >= 0.3 is 0 Å². The van der Waals surface area contributed by atoms with Crippen LogP contribution in [0.5, 0.6) is 0 Å². The van der Waals surface area contributed by atoms with Crippen molar-refractivity contribution in [1.29, 1.82) is 0 Å². The van der Waals surface area contributed by atoms with Gasteiger partial charge in [0, 0.05) is 16.1 Å². The summed E-state index contributed by atoms with van der Waals surface area (Å²) in [5.74, 6) is 0. The van der Waals surface area contributed by atoms with Crippen LogP contribution in [0.1, 0.15) is 11.1 Å². The van der Waals surface area contributed by atoms with Crippen LogP contribution < -0.4 is 11.5 Å². The molecular weight excluding hydrogens is 352 g/mol. The monoisotopic (exact) mass is 364 g/mol. The Balaban J connectivity index is 1.91. The number of hydrogen-bond donors (Lipinski definition) is 2. The lowest BCUT2D eigenvalue weighted by Gasteiger charge is -1.98. The standard InChI is InChI=1S/C14H12N4S4/c1-5-9-6(2)11(8-4-20-14(16)18-8)22-12(9)21-10(5)7-3-19-13(15)17-7/h3-4H,1-2H3,(H2,15,17)(H2,16,18). The van der Waals surface area contributed by atoms with Crippen molar-refractivity contribution in [3.63, 3.8) is 0 Å². The molecule has 0 spiro atoms. The minimum absolute atomic E-state index is 0.613. The number of nitrogen functional groups attached to an aromatic ring is 2. The molecule has 0 saturated carbocycles. The summed E-state index contributed by atoms with van der Waals surface area (Å²) < 4.78 is 1.30. The molecule has 4 rings (SSSR count). The maximum absolute atomic E-state index is 5.76. The number of thiophene rings is 2. The van der Waals surface area contributed by atoms with Crippen molar-refractivity contribution in [2.75, 3.05) is 11.5 Å². The van der Waals surface area contributed by atoms with E-state index in [1.54, 1.807) is 22.7 Å². The van der Waals surface area contributed by atoms with Crippen LogP contribution in [0.4, 0.5) is 10.3 Å². The highest BCUT2D eigenvalue weighted by molar-refractivity contribution is 7.41. The number of nitrogens with two attached hydrogens (primary N) is 2. The van der Waals surface area contributed by atoms with Crippen LogP contribution in [0, 0.1) is 13.8 Å². The highest BCUT2D eigenvalue weighted by Crippen LogP contribution is 2.48. The van der Waals surface area contributed by atoms with Gasteiger partial charge in [-0.15, -0.1) is 45.3 Å². The van der Waals surface area contributed by atoms with Crippen molar-refractivity contribution in [2.45, 2.75) is 13.8 Å². The van der Waals surface area contributed by atoms with Crippen LogP contribution in [0.3, 0.4) is 0 Å². The summed E-state index contributed by atoms with van der Waals surface area (Å²) >= 11 is 6.52. The second-order valence-corrected chi connectivity index (χ2v) is 9.00. The normalized spacial score (nSPS) is 11.5. The smallest absolute Gasteiger partial charge is 0.180 e. The van der Waals surface area contributed by atoms with E-state index in [9.17, 15) is 0 Å². The Kier molecular flexibility index (Phi) is 3.23. The first-order valence-electron chi connectivity index (χ1n) is 6.50. The average molecular weight is 365 g/mol. The molecule has 0 unspecified atom stereocenters. The quantitative estimate of drug-likeness (QED) is 0.525. The van der Waals surface area contributed by atoms with Crippen LogP contribution in [0.2, 0.25) is 0 Å². The van der Waals surface area contributed by atoms with Crippen LogP contribution in [0.15, 0.2) is 10.8 Å². The molecular formula is C14H12N4S4. The van der Waals surface area contributed by atoms with E-state index >= 15 is 0 Å². The molecule has 0 bridgehead atoms. The minimum Gasteiger partial charge on any atom is -0.375 e. The molecule has 4 N–H and O–H groups in total. The van der Waals surface area contributed by atoms with E-state index in [0.29, 0.717) is 10.3 Å². The summed E-state index contributed by atoms with van der Waals surface area (Å²) in [6, 6.07) is 0. The summed E-state index contributed by atoms with van der Waals surface area (Å²) in [5, 5.41) is 6.59. The maximum atomic E-state index is 5.76. The Morgan fingerprint density at radius 1 is 0.818 bits per heavy atom. The lowest BCUT2D eigenvalue weighted by atomic mass is 10.1. The van der Waals surface area contributed by atoms with Crippen molar-refractivity contribution < 1.29 is 0 Å². The van der Waals surface area contributed by atoms with Crippen LogP contribution in [-0.2, 0) is 0 Å². The van der Waals surface area contributed by atoms with Crippen molar-refractivity contribution in [3.8, 4) is 21.1 Å². The highest BCUT2D eigenvalue weighted by atomic mass is 32.2. The average Bonchev–Trinajstić information content (AvgIpc) is 3.19. The van der Waals surface area contributed by atoms with Gasteiger partial charge in [-0.1, -0.05) is 0 Å². The maximum Gasteiger partial charge on any atom is 0.180 e. The van der Waals surface area contributed by atoms with Crippen LogP contribution in [0.25, 0.3) is 30.5 Å². The molecule has 0 fully saturated rings. The molecule has 0 aromatic carbocycles. The molecule has 4 aromatic heterocycles. The molecule has 0 radical (unpaired) electrons. The van der Waals surface area contributed by atoms with E-state index in [1.807, 2.05) is 10.8 Å². The number of anilines is 2. The van der Waals surface area contributed by atoms with Gasteiger partial charge in [0.1, 0.15) is 0 Å². The van der Waals surface area contributed by atoms with Crippen LogP contribution in [-0.4, -0.2) is 9.97 Å². The number of aryl methyl sites for hydroxylation is 2. The zero-order chi connectivity index (χ0) is 15.4. The van der Waals surface area contributed by atoms with Gasteiger partial charge in [0.15, 0.2) is 10.3 Å². The number of fused-ring (bicyclic) bond motifs is 1. The first kappa shape index (κ1) is 14.1. The Hall–Kier alpha value is -1.48. The molecule has 0 saturated heterocycles. The fourth-order valence-electron chi connectivity index (χ4n) is 2.55.